The lowest BCUT2D eigenvalue weighted by atomic mass is 10.1. The molecule has 0 saturated heterocycles. The molecule has 0 aromatic heterocycles. The number of nitriles is 1. The topological polar surface area (TPSA) is 44.1 Å². The molecular formula is C16H13IN2O. The predicted molar refractivity (Wildman–Crippen MR) is 86.0 cm³/mol. The number of nitrogens with zero attached hydrogens (tertiary/aromatic N) is 2. The highest BCUT2D eigenvalue weighted by Crippen LogP contribution is 2.13. The summed E-state index contributed by atoms with van der Waals surface area (Å²) in [4.78, 5) is 14.0. The highest BCUT2D eigenvalue weighted by Gasteiger charge is 2.15. The Morgan fingerprint density at radius 3 is 2.55 bits per heavy atom. The summed E-state index contributed by atoms with van der Waals surface area (Å²) < 4.78 is 1.00. The van der Waals surface area contributed by atoms with Crippen LogP contribution < -0.4 is 0 Å². The average molecular weight is 376 g/mol. The number of benzene rings is 2. The largest absolute Gasteiger partial charge is 0.321 e. The molecule has 0 atom stereocenters. The summed E-state index contributed by atoms with van der Waals surface area (Å²) in [5, 5.41) is 8.92. The highest BCUT2D eigenvalue weighted by molar-refractivity contribution is 14.1. The van der Waals surface area contributed by atoms with Crippen LogP contribution in [0.3, 0.4) is 0 Å². The molecule has 2 aromatic carbocycles. The van der Waals surface area contributed by atoms with Gasteiger partial charge in [-0.15, -0.1) is 0 Å². The quantitative estimate of drug-likeness (QED) is 0.606. The van der Waals surface area contributed by atoms with E-state index in [9.17, 15) is 4.79 Å². The number of halogens is 1. The van der Waals surface area contributed by atoms with E-state index in [1.807, 2.05) is 48.5 Å². The van der Waals surface area contributed by atoms with E-state index in [0.29, 0.717) is 12.1 Å². The molecule has 0 N–H and O–H groups in total. The van der Waals surface area contributed by atoms with Crippen LogP contribution in [0.2, 0.25) is 0 Å². The van der Waals surface area contributed by atoms with Crippen LogP contribution in [0, 0.1) is 14.9 Å². The van der Waals surface area contributed by atoms with Crippen molar-refractivity contribution in [2.24, 2.45) is 0 Å². The summed E-state index contributed by atoms with van der Waals surface area (Å²) >= 11 is 2.17. The first-order valence-electron chi connectivity index (χ1n) is 6.16. The number of amides is 1. The van der Waals surface area contributed by atoms with E-state index in [1.54, 1.807) is 11.0 Å². The Balaban J connectivity index is 2.20. The summed E-state index contributed by atoms with van der Waals surface area (Å²) in [7, 11) is 0. The van der Waals surface area contributed by atoms with Gasteiger partial charge in [0.2, 0.25) is 0 Å². The number of carbonyl (C=O) groups excluding carboxylic acids is 1. The molecule has 0 unspecified atom stereocenters. The van der Waals surface area contributed by atoms with Gasteiger partial charge in [-0.3, -0.25) is 4.79 Å². The molecule has 2 rings (SSSR count). The third-order valence-corrected chi connectivity index (χ3v) is 3.51. The molecule has 0 spiro atoms. The van der Waals surface area contributed by atoms with Gasteiger partial charge in [0, 0.05) is 15.7 Å². The Hall–Kier alpha value is -1.87. The Kier molecular flexibility index (Phi) is 5.13. The van der Waals surface area contributed by atoms with Crippen molar-refractivity contribution >= 4 is 28.5 Å². The molecular weight excluding hydrogens is 363 g/mol. The van der Waals surface area contributed by atoms with Gasteiger partial charge >= 0.3 is 0 Å². The van der Waals surface area contributed by atoms with Crippen molar-refractivity contribution in [1.82, 2.24) is 4.90 Å². The zero-order valence-electron chi connectivity index (χ0n) is 10.8. The van der Waals surface area contributed by atoms with E-state index in [4.69, 9.17) is 5.26 Å². The molecule has 0 fully saturated rings. The molecule has 20 heavy (non-hydrogen) atoms. The minimum atomic E-state index is -0.117. The van der Waals surface area contributed by atoms with Gasteiger partial charge in [-0.1, -0.05) is 36.4 Å². The van der Waals surface area contributed by atoms with Crippen molar-refractivity contribution < 1.29 is 4.79 Å². The third kappa shape index (κ3) is 3.81. The fourth-order valence-electron chi connectivity index (χ4n) is 1.89. The molecule has 100 valence electrons. The highest BCUT2D eigenvalue weighted by atomic mass is 127. The van der Waals surface area contributed by atoms with Crippen molar-refractivity contribution in [3.63, 3.8) is 0 Å². The zero-order chi connectivity index (χ0) is 14.4. The summed E-state index contributed by atoms with van der Waals surface area (Å²) in [6.07, 6.45) is 0. The van der Waals surface area contributed by atoms with Gasteiger partial charge in [0.15, 0.2) is 0 Å². The van der Waals surface area contributed by atoms with Crippen molar-refractivity contribution in [1.29, 1.82) is 5.26 Å². The van der Waals surface area contributed by atoms with Crippen LogP contribution in [0.5, 0.6) is 0 Å². The maximum Gasteiger partial charge on any atom is 0.255 e. The van der Waals surface area contributed by atoms with Crippen LogP contribution in [0.15, 0.2) is 54.6 Å². The van der Waals surface area contributed by atoms with E-state index in [0.717, 1.165) is 9.13 Å². The second-order valence-corrected chi connectivity index (χ2v) is 5.56. The second kappa shape index (κ2) is 7.06. The molecule has 0 aliphatic carbocycles. The first kappa shape index (κ1) is 14.5. The molecule has 1 amide bonds. The van der Waals surface area contributed by atoms with Crippen molar-refractivity contribution in [2.45, 2.75) is 6.54 Å². The molecule has 4 heteroatoms. The van der Waals surface area contributed by atoms with Gasteiger partial charge in [0.25, 0.3) is 5.91 Å². The number of hydrogen-bond donors (Lipinski definition) is 0. The SMILES string of the molecule is N#CCN(Cc1ccccc1)C(=O)c1cccc(I)c1. The fraction of sp³-hybridized carbons (Fsp3) is 0.125. The van der Waals surface area contributed by atoms with Gasteiger partial charge in [-0.2, -0.15) is 5.26 Å². The molecule has 2 aromatic rings. The lowest BCUT2D eigenvalue weighted by Crippen LogP contribution is -2.31. The minimum Gasteiger partial charge on any atom is -0.321 e. The van der Waals surface area contributed by atoms with Crippen LogP contribution in [-0.4, -0.2) is 17.4 Å². The lowest BCUT2D eigenvalue weighted by molar-refractivity contribution is 0.0765. The number of rotatable bonds is 4. The van der Waals surface area contributed by atoms with Gasteiger partial charge in [0.1, 0.15) is 6.54 Å². The van der Waals surface area contributed by atoms with E-state index < -0.39 is 0 Å². The number of carbonyl (C=O) groups is 1. The van der Waals surface area contributed by atoms with Crippen LogP contribution in [-0.2, 0) is 6.54 Å². The molecule has 0 heterocycles. The zero-order valence-corrected chi connectivity index (χ0v) is 12.9. The molecule has 0 aliphatic rings. The van der Waals surface area contributed by atoms with Crippen LogP contribution in [0.1, 0.15) is 15.9 Å². The summed E-state index contributed by atoms with van der Waals surface area (Å²) in [6, 6.07) is 19.1. The Morgan fingerprint density at radius 1 is 1.15 bits per heavy atom. The smallest absolute Gasteiger partial charge is 0.255 e. The van der Waals surface area contributed by atoms with Crippen LogP contribution in [0.4, 0.5) is 0 Å². The van der Waals surface area contributed by atoms with E-state index in [-0.39, 0.29) is 12.5 Å². The molecule has 0 saturated carbocycles. The minimum absolute atomic E-state index is 0.0825. The molecule has 0 aliphatic heterocycles. The first-order valence-corrected chi connectivity index (χ1v) is 7.24. The van der Waals surface area contributed by atoms with Crippen LogP contribution >= 0.6 is 22.6 Å². The van der Waals surface area contributed by atoms with E-state index >= 15 is 0 Å². The van der Waals surface area contributed by atoms with E-state index in [2.05, 4.69) is 28.7 Å². The van der Waals surface area contributed by atoms with Gasteiger partial charge in [0.05, 0.1) is 6.07 Å². The summed E-state index contributed by atoms with van der Waals surface area (Å²) in [5.74, 6) is -0.117. The van der Waals surface area contributed by atoms with Crippen molar-refractivity contribution in [3.8, 4) is 6.07 Å². The standard InChI is InChI=1S/C16H13IN2O/c17-15-8-4-7-14(11-15)16(20)19(10-9-18)12-13-5-2-1-3-6-13/h1-8,11H,10,12H2. The maximum absolute atomic E-state index is 12.5. The predicted octanol–water partition coefficient (Wildman–Crippen LogP) is 3.46. The number of hydrogen-bond acceptors (Lipinski definition) is 2. The average Bonchev–Trinajstić information content (AvgIpc) is 2.47. The fourth-order valence-corrected chi connectivity index (χ4v) is 2.44. The molecule has 0 radical (unpaired) electrons. The third-order valence-electron chi connectivity index (χ3n) is 2.84. The Morgan fingerprint density at radius 2 is 1.90 bits per heavy atom. The lowest BCUT2D eigenvalue weighted by Gasteiger charge is -2.20. The van der Waals surface area contributed by atoms with Gasteiger partial charge in [-0.25, -0.2) is 0 Å². The van der Waals surface area contributed by atoms with E-state index in [1.165, 1.54) is 0 Å². The monoisotopic (exact) mass is 376 g/mol. The van der Waals surface area contributed by atoms with Gasteiger partial charge < -0.3 is 4.90 Å². The van der Waals surface area contributed by atoms with Crippen molar-refractivity contribution in [3.05, 3.63) is 69.3 Å². The Labute approximate surface area is 132 Å². The van der Waals surface area contributed by atoms with Crippen LogP contribution in [0.25, 0.3) is 0 Å². The summed E-state index contributed by atoms with van der Waals surface area (Å²) in [6.45, 7) is 0.526. The Bertz CT molecular complexity index is 634. The van der Waals surface area contributed by atoms with Gasteiger partial charge in [-0.05, 0) is 46.4 Å². The maximum atomic E-state index is 12.5. The second-order valence-electron chi connectivity index (χ2n) is 4.32. The molecule has 0 bridgehead atoms. The molecule has 3 nitrogen and oxygen atoms in total. The normalized spacial score (nSPS) is 9.80. The van der Waals surface area contributed by atoms with Crippen molar-refractivity contribution in [2.75, 3.05) is 6.54 Å². The first-order chi connectivity index (χ1) is 9.70. The summed E-state index contributed by atoms with van der Waals surface area (Å²) in [5.41, 5.74) is 1.63.